The second-order valence-corrected chi connectivity index (χ2v) is 7.82. The Labute approximate surface area is 179 Å². The van der Waals surface area contributed by atoms with E-state index in [0.717, 1.165) is 29.5 Å². The first kappa shape index (κ1) is 19.3. The average Bonchev–Trinajstić information content (AvgIpc) is 3.42. The summed E-state index contributed by atoms with van der Waals surface area (Å²) >= 11 is 0. The van der Waals surface area contributed by atoms with Gasteiger partial charge in [-0.05, 0) is 31.0 Å². The first-order valence-electron chi connectivity index (χ1n) is 10.6. The highest BCUT2D eigenvalue weighted by atomic mass is 16.5. The molecular formula is C22H25N7O2. The molecule has 0 aliphatic heterocycles. The van der Waals surface area contributed by atoms with Crippen LogP contribution < -0.4 is 15.4 Å². The summed E-state index contributed by atoms with van der Waals surface area (Å²) in [5.41, 5.74) is 3.78. The van der Waals surface area contributed by atoms with Gasteiger partial charge in [0.25, 0.3) is 5.91 Å². The molecule has 31 heavy (non-hydrogen) atoms. The molecule has 1 aliphatic rings. The number of carbonyl (C=O) groups is 1. The van der Waals surface area contributed by atoms with E-state index in [0.29, 0.717) is 29.2 Å². The summed E-state index contributed by atoms with van der Waals surface area (Å²) in [6.45, 7) is 0. The molecule has 1 aliphatic carbocycles. The molecule has 1 saturated carbocycles. The molecule has 4 heterocycles. The summed E-state index contributed by atoms with van der Waals surface area (Å²) in [6, 6.07) is 6.24. The summed E-state index contributed by atoms with van der Waals surface area (Å²) < 4.78 is 9.21. The highest BCUT2D eigenvalue weighted by Crippen LogP contribution is 2.32. The molecule has 1 amide bonds. The van der Waals surface area contributed by atoms with Crippen LogP contribution in [0.3, 0.4) is 0 Å². The van der Waals surface area contributed by atoms with Crippen molar-refractivity contribution in [3.63, 3.8) is 0 Å². The van der Waals surface area contributed by atoms with E-state index < -0.39 is 0 Å². The Morgan fingerprint density at radius 1 is 1.19 bits per heavy atom. The van der Waals surface area contributed by atoms with E-state index in [2.05, 4.69) is 25.7 Å². The van der Waals surface area contributed by atoms with Gasteiger partial charge in [-0.15, -0.1) is 5.10 Å². The molecule has 9 heteroatoms. The number of aromatic nitrogens is 5. The number of nitrogens with one attached hydrogen (secondary N) is 2. The molecule has 0 bridgehead atoms. The van der Waals surface area contributed by atoms with Crippen LogP contribution in [0.25, 0.3) is 22.3 Å². The van der Waals surface area contributed by atoms with Gasteiger partial charge in [-0.1, -0.05) is 19.3 Å². The number of pyridine rings is 1. The Kier molecular flexibility index (Phi) is 4.93. The summed E-state index contributed by atoms with van der Waals surface area (Å²) in [6.07, 6.45) is 11.4. The van der Waals surface area contributed by atoms with Crippen molar-refractivity contribution in [1.82, 2.24) is 29.3 Å². The van der Waals surface area contributed by atoms with E-state index in [4.69, 9.17) is 4.74 Å². The average molecular weight is 419 g/mol. The zero-order chi connectivity index (χ0) is 21.4. The number of anilines is 1. The molecule has 0 unspecified atom stereocenters. The SMILES string of the molecule is CNC(=O)c1cnc2ccc(-c3ccn4nc(NC5CCCCC5)nc(OC)c34)cn12. The molecule has 160 valence electrons. The zero-order valence-electron chi connectivity index (χ0n) is 17.6. The monoisotopic (exact) mass is 419 g/mol. The number of hydrogen-bond acceptors (Lipinski definition) is 6. The maximum atomic E-state index is 12.2. The first-order valence-corrected chi connectivity index (χ1v) is 10.6. The van der Waals surface area contributed by atoms with Crippen LogP contribution in [0, 0.1) is 0 Å². The summed E-state index contributed by atoms with van der Waals surface area (Å²) in [7, 11) is 3.22. The van der Waals surface area contributed by atoms with E-state index in [1.807, 2.05) is 30.6 Å². The lowest BCUT2D eigenvalue weighted by molar-refractivity contribution is 0.0957. The topological polar surface area (TPSA) is 97.9 Å². The zero-order valence-corrected chi connectivity index (χ0v) is 17.6. The maximum Gasteiger partial charge on any atom is 0.269 e. The quantitative estimate of drug-likeness (QED) is 0.516. The van der Waals surface area contributed by atoms with E-state index in [-0.39, 0.29) is 5.91 Å². The number of rotatable bonds is 5. The van der Waals surface area contributed by atoms with Crippen LogP contribution >= 0.6 is 0 Å². The Bertz CT molecular complexity index is 1250. The van der Waals surface area contributed by atoms with Crippen LogP contribution in [0.5, 0.6) is 5.88 Å². The smallest absolute Gasteiger partial charge is 0.269 e. The van der Waals surface area contributed by atoms with Gasteiger partial charge < -0.3 is 15.4 Å². The molecule has 0 radical (unpaired) electrons. The van der Waals surface area contributed by atoms with E-state index in [1.165, 1.54) is 19.3 Å². The van der Waals surface area contributed by atoms with Crippen LogP contribution in [-0.2, 0) is 0 Å². The second kappa shape index (κ2) is 7.90. The highest BCUT2D eigenvalue weighted by Gasteiger charge is 2.19. The van der Waals surface area contributed by atoms with Gasteiger partial charge in [-0.2, -0.15) is 4.98 Å². The number of nitrogens with zero attached hydrogens (tertiary/aromatic N) is 5. The molecular weight excluding hydrogens is 394 g/mol. The maximum absolute atomic E-state index is 12.2. The van der Waals surface area contributed by atoms with Crippen LogP contribution in [-0.4, -0.2) is 50.1 Å². The molecule has 0 atom stereocenters. The van der Waals surface area contributed by atoms with E-state index in [1.54, 1.807) is 29.3 Å². The fourth-order valence-corrected chi connectivity index (χ4v) is 4.29. The van der Waals surface area contributed by atoms with Gasteiger partial charge in [-0.25, -0.2) is 9.50 Å². The number of hydrogen-bond donors (Lipinski definition) is 2. The van der Waals surface area contributed by atoms with E-state index >= 15 is 0 Å². The van der Waals surface area contributed by atoms with E-state index in [9.17, 15) is 4.79 Å². The molecule has 0 saturated heterocycles. The molecule has 4 aromatic rings. The molecule has 5 rings (SSSR count). The van der Waals surface area contributed by atoms with Gasteiger partial charge in [-0.3, -0.25) is 9.20 Å². The van der Waals surface area contributed by atoms with Crippen molar-refractivity contribution in [2.75, 3.05) is 19.5 Å². The van der Waals surface area contributed by atoms with Crippen LogP contribution in [0.15, 0.2) is 36.8 Å². The fraction of sp³-hybridized carbons (Fsp3) is 0.364. The minimum absolute atomic E-state index is 0.189. The van der Waals surface area contributed by atoms with Crippen molar-refractivity contribution < 1.29 is 9.53 Å². The van der Waals surface area contributed by atoms with Crippen molar-refractivity contribution in [1.29, 1.82) is 0 Å². The number of amides is 1. The normalized spacial score (nSPS) is 14.8. The third-order valence-electron chi connectivity index (χ3n) is 5.89. The predicted octanol–water partition coefficient (Wildman–Crippen LogP) is 3.16. The molecule has 9 nitrogen and oxygen atoms in total. The lowest BCUT2D eigenvalue weighted by atomic mass is 9.96. The van der Waals surface area contributed by atoms with Crippen molar-refractivity contribution in [3.8, 4) is 17.0 Å². The Morgan fingerprint density at radius 2 is 2.03 bits per heavy atom. The van der Waals surface area contributed by atoms with Gasteiger partial charge in [0.05, 0.1) is 13.3 Å². The van der Waals surface area contributed by atoms with Gasteiger partial charge in [0.1, 0.15) is 16.9 Å². The number of carbonyl (C=O) groups excluding carboxylic acids is 1. The lowest BCUT2D eigenvalue weighted by Crippen LogP contribution is -2.24. The summed E-state index contributed by atoms with van der Waals surface area (Å²) in [4.78, 5) is 21.1. The standard InChI is InChI=1S/C22H25N7O2/c1-23-20(30)17-12-24-18-9-8-14(13-28(17)18)16-10-11-29-19(16)21(31-2)26-22(27-29)25-15-6-4-3-5-7-15/h8-13,15H,3-7H2,1-2H3,(H,23,30)(H,25,27). The minimum atomic E-state index is -0.189. The number of ether oxygens (including phenoxy) is 1. The summed E-state index contributed by atoms with van der Waals surface area (Å²) in [5, 5.41) is 10.8. The van der Waals surface area contributed by atoms with Gasteiger partial charge in [0.15, 0.2) is 0 Å². The van der Waals surface area contributed by atoms with Crippen molar-refractivity contribution in [2.24, 2.45) is 0 Å². The van der Waals surface area contributed by atoms with Crippen LogP contribution in [0.1, 0.15) is 42.6 Å². The lowest BCUT2D eigenvalue weighted by Gasteiger charge is -2.22. The first-order chi connectivity index (χ1) is 15.2. The fourth-order valence-electron chi connectivity index (χ4n) is 4.29. The number of fused-ring (bicyclic) bond motifs is 2. The number of methoxy groups -OCH3 is 1. The Morgan fingerprint density at radius 3 is 2.81 bits per heavy atom. The highest BCUT2D eigenvalue weighted by molar-refractivity contribution is 5.93. The van der Waals surface area contributed by atoms with Crippen LogP contribution in [0.2, 0.25) is 0 Å². The molecule has 1 fully saturated rings. The Balaban J connectivity index is 1.56. The molecule has 0 aromatic carbocycles. The largest absolute Gasteiger partial charge is 0.479 e. The molecule has 4 aromatic heterocycles. The Hall–Kier alpha value is -3.62. The molecule has 0 spiro atoms. The number of imidazole rings is 1. The summed E-state index contributed by atoms with van der Waals surface area (Å²) in [5.74, 6) is 0.890. The second-order valence-electron chi connectivity index (χ2n) is 7.82. The van der Waals surface area contributed by atoms with Crippen molar-refractivity contribution in [2.45, 2.75) is 38.1 Å². The van der Waals surface area contributed by atoms with Gasteiger partial charge >= 0.3 is 0 Å². The van der Waals surface area contributed by atoms with Crippen LogP contribution in [0.4, 0.5) is 5.95 Å². The minimum Gasteiger partial charge on any atom is -0.479 e. The van der Waals surface area contributed by atoms with Gasteiger partial charge in [0, 0.05) is 36.6 Å². The third-order valence-corrected chi connectivity index (χ3v) is 5.89. The third kappa shape index (κ3) is 3.45. The van der Waals surface area contributed by atoms with Crippen molar-refractivity contribution in [3.05, 3.63) is 42.5 Å². The molecule has 2 N–H and O–H groups in total. The van der Waals surface area contributed by atoms with Crippen molar-refractivity contribution >= 4 is 23.0 Å². The predicted molar refractivity (Wildman–Crippen MR) is 118 cm³/mol. The van der Waals surface area contributed by atoms with Gasteiger partial charge in [0.2, 0.25) is 11.8 Å².